The predicted molar refractivity (Wildman–Crippen MR) is 77.7 cm³/mol. The molecule has 2 N–H and O–H groups in total. The molecule has 1 aromatic rings. The minimum Gasteiger partial charge on any atom is -0.395 e. The SMILES string of the molecule is CCC(C)c1ccc(CNC(CO)C(C)C)cc1. The van der Waals surface area contributed by atoms with Gasteiger partial charge in [-0.3, -0.25) is 0 Å². The van der Waals surface area contributed by atoms with Crippen molar-refractivity contribution in [1.29, 1.82) is 0 Å². The van der Waals surface area contributed by atoms with E-state index >= 15 is 0 Å². The van der Waals surface area contributed by atoms with Gasteiger partial charge in [0.2, 0.25) is 0 Å². The lowest BCUT2D eigenvalue weighted by Gasteiger charge is -2.20. The molecule has 0 fully saturated rings. The zero-order chi connectivity index (χ0) is 13.5. The fraction of sp³-hybridized carbons (Fsp3) is 0.625. The van der Waals surface area contributed by atoms with E-state index in [2.05, 4.69) is 57.3 Å². The first-order valence-corrected chi connectivity index (χ1v) is 7.01. The van der Waals surface area contributed by atoms with Gasteiger partial charge in [-0.1, -0.05) is 52.0 Å². The van der Waals surface area contributed by atoms with E-state index in [0.29, 0.717) is 11.8 Å². The first-order chi connectivity index (χ1) is 8.58. The Hall–Kier alpha value is -0.860. The fourth-order valence-electron chi connectivity index (χ4n) is 1.96. The molecule has 1 aromatic carbocycles. The van der Waals surface area contributed by atoms with Gasteiger partial charge in [-0.15, -0.1) is 0 Å². The smallest absolute Gasteiger partial charge is 0.0587 e. The molecular formula is C16H27NO. The Morgan fingerprint density at radius 3 is 2.17 bits per heavy atom. The predicted octanol–water partition coefficient (Wildman–Crippen LogP) is 3.31. The Balaban J connectivity index is 2.53. The van der Waals surface area contributed by atoms with Gasteiger partial charge in [0.05, 0.1) is 6.61 Å². The molecule has 0 heterocycles. The average molecular weight is 249 g/mol. The summed E-state index contributed by atoms with van der Waals surface area (Å²) in [5.74, 6) is 1.09. The Morgan fingerprint density at radius 2 is 1.72 bits per heavy atom. The highest BCUT2D eigenvalue weighted by atomic mass is 16.3. The van der Waals surface area contributed by atoms with Gasteiger partial charge in [0.25, 0.3) is 0 Å². The van der Waals surface area contributed by atoms with Crippen molar-refractivity contribution < 1.29 is 5.11 Å². The molecule has 2 heteroatoms. The molecule has 0 aliphatic heterocycles. The Labute approximate surface area is 111 Å². The quantitative estimate of drug-likeness (QED) is 0.777. The van der Waals surface area contributed by atoms with Crippen LogP contribution in [0.5, 0.6) is 0 Å². The second kappa shape index (κ2) is 7.55. The number of hydrogen-bond acceptors (Lipinski definition) is 2. The zero-order valence-electron chi connectivity index (χ0n) is 12.1. The third kappa shape index (κ3) is 4.43. The van der Waals surface area contributed by atoms with E-state index in [1.54, 1.807) is 0 Å². The summed E-state index contributed by atoms with van der Waals surface area (Å²) in [5.41, 5.74) is 2.69. The third-order valence-corrected chi connectivity index (χ3v) is 3.73. The number of aliphatic hydroxyl groups is 1. The van der Waals surface area contributed by atoms with Crippen LogP contribution < -0.4 is 5.32 Å². The van der Waals surface area contributed by atoms with E-state index in [4.69, 9.17) is 0 Å². The van der Waals surface area contributed by atoms with Crippen LogP contribution in [-0.2, 0) is 6.54 Å². The highest BCUT2D eigenvalue weighted by molar-refractivity contribution is 5.24. The Kier molecular flexibility index (Phi) is 6.37. The number of rotatable bonds is 7. The topological polar surface area (TPSA) is 32.3 Å². The summed E-state index contributed by atoms with van der Waals surface area (Å²) in [6, 6.07) is 8.98. The Bertz CT molecular complexity index is 331. The van der Waals surface area contributed by atoms with E-state index < -0.39 is 0 Å². The maximum Gasteiger partial charge on any atom is 0.0587 e. The first kappa shape index (κ1) is 15.2. The third-order valence-electron chi connectivity index (χ3n) is 3.73. The van der Waals surface area contributed by atoms with Crippen molar-refractivity contribution in [2.75, 3.05) is 6.61 Å². The van der Waals surface area contributed by atoms with Crippen LogP contribution in [0.1, 0.15) is 51.2 Å². The lowest BCUT2D eigenvalue weighted by molar-refractivity contribution is 0.210. The molecule has 1 rings (SSSR count). The summed E-state index contributed by atoms with van der Waals surface area (Å²) in [6.45, 7) is 9.75. The highest BCUT2D eigenvalue weighted by Gasteiger charge is 2.11. The average Bonchev–Trinajstić information content (AvgIpc) is 2.39. The normalized spacial score (nSPS) is 14.8. The molecule has 2 unspecified atom stereocenters. The summed E-state index contributed by atoms with van der Waals surface area (Å²) in [4.78, 5) is 0. The molecule has 2 nitrogen and oxygen atoms in total. The van der Waals surface area contributed by atoms with Gasteiger partial charge in [0.1, 0.15) is 0 Å². The molecular weight excluding hydrogens is 222 g/mol. The van der Waals surface area contributed by atoms with Crippen molar-refractivity contribution in [3.63, 3.8) is 0 Å². The fourth-order valence-corrected chi connectivity index (χ4v) is 1.96. The number of benzene rings is 1. The molecule has 0 aliphatic rings. The van der Waals surface area contributed by atoms with Crippen LogP contribution in [0.3, 0.4) is 0 Å². The zero-order valence-corrected chi connectivity index (χ0v) is 12.1. The van der Waals surface area contributed by atoms with E-state index in [1.165, 1.54) is 17.5 Å². The summed E-state index contributed by atoms with van der Waals surface area (Å²) >= 11 is 0. The van der Waals surface area contributed by atoms with Crippen molar-refractivity contribution >= 4 is 0 Å². The van der Waals surface area contributed by atoms with Crippen LogP contribution in [0.15, 0.2) is 24.3 Å². The van der Waals surface area contributed by atoms with Crippen molar-refractivity contribution in [3.8, 4) is 0 Å². The van der Waals surface area contributed by atoms with Crippen molar-refractivity contribution in [2.45, 2.75) is 52.6 Å². The van der Waals surface area contributed by atoms with Crippen LogP contribution in [-0.4, -0.2) is 17.8 Å². The molecule has 0 aliphatic carbocycles. The maximum absolute atomic E-state index is 9.26. The van der Waals surface area contributed by atoms with Crippen LogP contribution in [0.4, 0.5) is 0 Å². The summed E-state index contributed by atoms with van der Waals surface area (Å²) in [7, 11) is 0. The molecule has 0 amide bonds. The lowest BCUT2D eigenvalue weighted by atomic mass is 9.97. The number of aliphatic hydroxyl groups excluding tert-OH is 1. The Morgan fingerprint density at radius 1 is 1.11 bits per heavy atom. The van der Waals surface area contributed by atoms with Gasteiger partial charge in [0.15, 0.2) is 0 Å². The molecule has 0 saturated heterocycles. The van der Waals surface area contributed by atoms with Gasteiger partial charge < -0.3 is 10.4 Å². The van der Waals surface area contributed by atoms with Crippen molar-refractivity contribution in [2.24, 2.45) is 5.92 Å². The molecule has 102 valence electrons. The van der Waals surface area contributed by atoms with Crippen molar-refractivity contribution in [3.05, 3.63) is 35.4 Å². The summed E-state index contributed by atoms with van der Waals surface area (Å²) in [5, 5.41) is 12.7. The first-order valence-electron chi connectivity index (χ1n) is 7.01. The number of hydrogen-bond donors (Lipinski definition) is 2. The molecule has 0 saturated carbocycles. The van der Waals surface area contributed by atoms with E-state index in [-0.39, 0.29) is 12.6 Å². The van der Waals surface area contributed by atoms with Crippen molar-refractivity contribution in [1.82, 2.24) is 5.32 Å². The van der Waals surface area contributed by atoms with E-state index in [0.717, 1.165) is 6.54 Å². The van der Waals surface area contributed by atoms with Crippen LogP contribution in [0, 0.1) is 5.92 Å². The van der Waals surface area contributed by atoms with Gasteiger partial charge in [-0.25, -0.2) is 0 Å². The van der Waals surface area contributed by atoms with E-state index in [9.17, 15) is 5.11 Å². The van der Waals surface area contributed by atoms with Gasteiger partial charge in [-0.05, 0) is 29.4 Å². The molecule has 0 spiro atoms. The number of nitrogens with one attached hydrogen (secondary N) is 1. The standard InChI is InChI=1S/C16H27NO/c1-5-13(4)15-8-6-14(7-9-15)10-17-16(11-18)12(2)3/h6-9,12-13,16-18H,5,10-11H2,1-4H3. The van der Waals surface area contributed by atoms with Gasteiger partial charge in [-0.2, -0.15) is 0 Å². The van der Waals surface area contributed by atoms with Crippen LogP contribution in [0.2, 0.25) is 0 Å². The lowest BCUT2D eigenvalue weighted by Crippen LogP contribution is -2.36. The molecule has 0 radical (unpaired) electrons. The summed E-state index contributed by atoms with van der Waals surface area (Å²) < 4.78 is 0. The largest absolute Gasteiger partial charge is 0.395 e. The maximum atomic E-state index is 9.26. The molecule has 18 heavy (non-hydrogen) atoms. The monoisotopic (exact) mass is 249 g/mol. The summed E-state index contributed by atoms with van der Waals surface area (Å²) in [6.07, 6.45) is 1.18. The molecule has 0 aromatic heterocycles. The second-order valence-electron chi connectivity index (χ2n) is 5.46. The molecule has 2 atom stereocenters. The molecule has 0 bridgehead atoms. The van der Waals surface area contributed by atoms with Gasteiger partial charge >= 0.3 is 0 Å². The highest BCUT2D eigenvalue weighted by Crippen LogP contribution is 2.18. The van der Waals surface area contributed by atoms with Crippen LogP contribution >= 0.6 is 0 Å². The minimum atomic E-state index is 0.180. The van der Waals surface area contributed by atoms with Crippen LogP contribution in [0.25, 0.3) is 0 Å². The second-order valence-corrected chi connectivity index (χ2v) is 5.46. The van der Waals surface area contributed by atoms with E-state index in [1.807, 2.05) is 0 Å². The minimum absolute atomic E-state index is 0.180. The van der Waals surface area contributed by atoms with Gasteiger partial charge in [0, 0.05) is 12.6 Å².